The highest BCUT2D eigenvalue weighted by atomic mass is 31.1. The van der Waals surface area contributed by atoms with E-state index in [1.165, 1.54) is 39.4 Å². The molecule has 0 unspecified atom stereocenters. The molecule has 0 spiro atoms. The minimum Gasteiger partial charge on any atom is -0.385 e. The summed E-state index contributed by atoms with van der Waals surface area (Å²) in [7, 11) is -3.70. The topological polar surface area (TPSA) is 9.23 Å². The van der Waals surface area contributed by atoms with Gasteiger partial charge in [-0.15, -0.1) is 0 Å². The van der Waals surface area contributed by atoms with Crippen molar-refractivity contribution in [3.63, 3.8) is 0 Å². The first-order valence-electron chi connectivity index (χ1n) is 15.7. The molecule has 4 rings (SSSR count). The Kier molecular flexibility index (Phi) is 9.59. The highest BCUT2D eigenvalue weighted by Gasteiger charge is 2.57. The lowest BCUT2D eigenvalue weighted by molar-refractivity contribution is -0.0187. The molecule has 4 bridgehead atoms. The summed E-state index contributed by atoms with van der Waals surface area (Å²) in [6, 6.07) is 0. The molecule has 1 nitrogen and oxygen atoms in total. The Labute approximate surface area is 237 Å². The van der Waals surface area contributed by atoms with Crippen LogP contribution in [0.2, 0.25) is 55.9 Å². The van der Waals surface area contributed by atoms with Crippen LogP contribution in [0.1, 0.15) is 94.4 Å². The Hall–Kier alpha value is 0.521. The number of hydrogen-bond donors (Lipinski definition) is 0. The van der Waals surface area contributed by atoms with Gasteiger partial charge in [0.1, 0.15) is 0 Å². The van der Waals surface area contributed by atoms with Gasteiger partial charge in [-0.05, 0) is 111 Å². The average molecular weight is 579 g/mol. The molecule has 4 aliphatic rings. The van der Waals surface area contributed by atoms with Crippen LogP contribution in [0.15, 0.2) is 10.1 Å². The van der Waals surface area contributed by atoms with Crippen LogP contribution in [-0.4, -0.2) is 29.9 Å². The minimum atomic E-state index is -1.83. The fraction of sp³-hybridized carbons (Fsp3) is 0.906. The van der Waals surface area contributed by atoms with Gasteiger partial charge in [0.05, 0.1) is 21.6 Å². The van der Waals surface area contributed by atoms with E-state index in [0.717, 1.165) is 46.2 Å². The average Bonchev–Trinajstić information content (AvgIpc) is 2.66. The molecule has 0 amide bonds. The fourth-order valence-corrected chi connectivity index (χ4v) is 24.5. The summed E-state index contributed by atoms with van der Waals surface area (Å²) in [6.45, 7) is 38.0. The summed E-state index contributed by atoms with van der Waals surface area (Å²) >= 11 is 0. The van der Waals surface area contributed by atoms with Crippen LogP contribution < -0.4 is 0 Å². The molecule has 4 fully saturated rings. The van der Waals surface area contributed by atoms with Gasteiger partial charge in [0.2, 0.25) is 0 Å². The third-order valence-corrected chi connectivity index (χ3v) is 24.3. The molecular weight excluding hydrogens is 516 g/mol. The van der Waals surface area contributed by atoms with Crippen molar-refractivity contribution in [2.75, 3.05) is 0 Å². The van der Waals surface area contributed by atoms with Crippen molar-refractivity contribution in [2.45, 2.75) is 150 Å². The van der Waals surface area contributed by atoms with Gasteiger partial charge < -0.3 is 4.43 Å². The molecule has 0 saturated heterocycles. The predicted octanol–water partition coefficient (Wildman–Crippen LogP) is 11.4. The van der Waals surface area contributed by atoms with Crippen LogP contribution in [0.25, 0.3) is 0 Å². The number of allylic oxidation sites excluding steroid dienone is 1. The molecule has 5 heteroatoms. The standard InChI is InChI=1S/C32H63OPSi3/c1-21(2)37(22(3)4,23(5)6)29(28-26-17-24-16-25(19-26)20-27(28)18-24)30(35(10,11)12)34-31(32(7,8)9)33-36(13,14)15/h21-28H,16-20H2,1-15H3/b30-29+. The van der Waals surface area contributed by atoms with Crippen molar-refractivity contribution < 1.29 is 4.43 Å². The minimum absolute atomic E-state index is 0.0691. The van der Waals surface area contributed by atoms with Crippen LogP contribution in [0.5, 0.6) is 0 Å². The normalized spacial score (nSPS) is 30.1. The second-order valence-corrected chi connectivity index (χ2v) is 34.0. The van der Waals surface area contributed by atoms with Crippen molar-refractivity contribution in [1.29, 1.82) is 0 Å². The maximum Gasteiger partial charge on any atom is 0.191 e. The quantitative estimate of drug-likeness (QED) is 0.195. The zero-order chi connectivity index (χ0) is 28.3. The van der Waals surface area contributed by atoms with Crippen molar-refractivity contribution in [3.8, 4) is 0 Å². The smallest absolute Gasteiger partial charge is 0.191 e. The Balaban J connectivity index is 2.44. The molecule has 0 aromatic carbocycles. The number of hydrogen-bond acceptors (Lipinski definition) is 1. The zero-order valence-electron chi connectivity index (χ0n) is 27.5. The first-order chi connectivity index (χ1) is 16.7. The van der Waals surface area contributed by atoms with E-state index in [-0.39, 0.29) is 5.41 Å². The first kappa shape index (κ1) is 32.0. The first-order valence-corrected chi connectivity index (χ1v) is 25.8. The van der Waals surface area contributed by atoms with E-state index in [2.05, 4.69) is 107 Å². The summed E-state index contributed by atoms with van der Waals surface area (Å²) in [5, 5.41) is 2.10. The molecule has 0 N–H and O–H groups in total. The van der Waals surface area contributed by atoms with Crippen LogP contribution >= 0.6 is 8.20 Å². The van der Waals surface area contributed by atoms with E-state index in [4.69, 9.17) is 4.43 Å². The highest BCUT2D eigenvalue weighted by molar-refractivity contribution is 7.50. The lowest BCUT2D eigenvalue weighted by atomic mass is 9.52. The van der Waals surface area contributed by atoms with Crippen LogP contribution in [-0.2, 0) is 4.43 Å². The molecule has 4 aliphatic carbocycles. The SMILES string of the molecule is CC(C)[Si](/C(=C(\P=C(O[Si](C)(C)C)C(C)(C)C)[Si](C)(C)C)C1C2CC3CC(C2)CC1C3)(C(C)C)C(C)C. The maximum atomic E-state index is 7.02. The van der Waals surface area contributed by atoms with Gasteiger partial charge in [-0.1, -0.05) is 87.2 Å². The van der Waals surface area contributed by atoms with Gasteiger partial charge in [0, 0.05) is 5.41 Å². The Bertz CT molecular complexity index is 829. The van der Waals surface area contributed by atoms with Gasteiger partial charge in [0.15, 0.2) is 8.32 Å². The second-order valence-electron chi connectivity index (χ2n) is 17.2. The van der Waals surface area contributed by atoms with Crippen molar-refractivity contribution in [2.24, 2.45) is 35.0 Å². The predicted molar refractivity (Wildman–Crippen MR) is 178 cm³/mol. The lowest BCUT2D eigenvalue weighted by Crippen LogP contribution is -2.56. The largest absolute Gasteiger partial charge is 0.385 e. The maximum absolute atomic E-state index is 7.02. The summed E-state index contributed by atoms with van der Waals surface area (Å²) in [4.78, 5) is 1.91. The van der Waals surface area contributed by atoms with E-state index in [1.807, 2.05) is 4.94 Å². The van der Waals surface area contributed by atoms with E-state index in [9.17, 15) is 0 Å². The molecule has 0 aromatic rings. The summed E-state index contributed by atoms with van der Waals surface area (Å²) in [5.41, 5.74) is 3.76. The van der Waals surface area contributed by atoms with Crippen molar-refractivity contribution >= 4 is 38.1 Å². The lowest BCUT2D eigenvalue weighted by Gasteiger charge is -2.60. The molecule has 0 heterocycles. The summed E-state index contributed by atoms with van der Waals surface area (Å²) in [5.74, 6) is 4.83. The third kappa shape index (κ3) is 6.55. The van der Waals surface area contributed by atoms with E-state index in [0.29, 0.717) is 0 Å². The molecule has 0 radical (unpaired) electrons. The van der Waals surface area contributed by atoms with Gasteiger partial charge in [-0.25, -0.2) is 0 Å². The summed E-state index contributed by atoms with van der Waals surface area (Å²) in [6.07, 6.45) is 7.65. The van der Waals surface area contributed by atoms with E-state index >= 15 is 0 Å². The van der Waals surface area contributed by atoms with Crippen LogP contribution in [0.3, 0.4) is 0 Å². The molecular formula is C32H63OPSi3. The van der Waals surface area contributed by atoms with Gasteiger partial charge in [-0.2, -0.15) is 0 Å². The van der Waals surface area contributed by atoms with Crippen molar-refractivity contribution in [1.82, 2.24) is 0 Å². The Morgan fingerprint density at radius 2 is 1.11 bits per heavy atom. The van der Waals surface area contributed by atoms with Gasteiger partial charge in [0.25, 0.3) is 0 Å². The monoisotopic (exact) mass is 578 g/mol. The van der Waals surface area contributed by atoms with Crippen LogP contribution in [0, 0.1) is 35.0 Å². The fourth-order valence-electron chi connectivity index (χ4n) is 9.35. The highest BCUT2D eigenvalue weighted by Crippen LogP contribution is 2.63. The Morgan fingerprint density at radius 1 is 0.703 bits per heavy atom. The van der Waals surface area contributed by atoms with E-state index < -0.39 is 24.5 Å². The second kappa shape index (κ2) is 11.1. The molecule has 0 aliphatic heterocycles. The van der Waals surface area contributed by atoms with Gasteiger partial charge >= 0.3 is 0 Å². The van der Waals surface area contributed by atoms with Crippen molar-refractivity contribution in [3.05, 3.63) is 10.1 Å². The molecule has 214 valence electrons. The molecule has 37 heavy (non-hydrogen) atoms. The third-order valence-electron chi connectivity index (χ3n) is 10.1. The Morgan fingerprint density at radius 3 is 1.41 bits per heavy atom. The van der Waals surface area contributed by atoms with Crippen LogP contribution in [0.4, 0.5) is 0 Å². The molecule has 0 aromatic heterocycles. The molecule has 0 atom stereocenters. The van der Waals surface area contributed by atoms with E-state index in [1.54, 1.807) is 6.42 Å². The number of rotatable bonds is 9. The molecule has 4 saturated carbocycles. The zero-order valence-corrected chi connectivity index (χ0v) is 31.4. The summed E-state index contributed by atoms with van der Waals surface area (Å²) < 4.78 is 7.02. The van der Waals surface area contributed by atoms with Gasteiger partial charge in [-0.3, -0.25) is 0 Å².